The maximum Gasteiger partial charge on any atom is 0.132 e. The number of thiophene rings is 1. The van der Waals surface area contributed by atoms with Crippen LogP contribution in [0.5, 0.6) is 0 Å². The van der Waals surface area contributed by atoms with Gasteiger partial charge < -0.3 is 0 Å². The third-order valence-electron chi connectivity index (χ3n) is 1.04. The third-order valence-corrected chi connectivity index (χ3v) is 2.96. The Kier molecular flexibility index (Phi) is 1.95. The normalized spacial score (nSPS) is 15.3. The van der Waals surface area contributed by atoms with E-state index in [9.17, 15) is 4.21 Å². The molecule has 0 aliphatic heterocycles. The zero-order valence-corrected chi connectivity index (χ0v) is 7.04. The Labute approximate surface area is 68.4 Å². The summed E-state index contributed by atoms with van der Waals surface area (Å²) in [5.74, 6) is 0. The SMILES string of the molecule is N#Cc1cc(S(=N)(N)=O)cs1. The number of rotatable bonds is 1. The molecule has 0 amide bonds. The van der Waals surface area contributed by atoms with Gasteiger partial charge in [0.1, 0.15) is 20.9 Å². The van der Waals surface area contributed by atoms with Gasteiger partial charge in [0.15, 0.2) is 0 Å². The van der Waals surface area contributed by atoms with Crippen LogP contribution >= 0.6 is 11.3 Å². The number of hydrogen-bond acceptors (Lipinski definition) is 4. The monoisotopic (exact) mass is 187 g/mol. The summed E-state index contributed by atoms with van der Waals surface area (Å²) >= 11 is 1.14. The van der Waals surface area contributed by atoms with Crippen LogP contribution in [0.1, 0.15) is 4.88 Å². The lowest BCUT2D eigenvalue weighted by molar-refractivity contribution is 0.676. The second-order valence-electron chi connectivity index (χ2n) is 1.86. The molecule has 1 aromatic rings. The molecular weight excluding hydrogens is 182 g/mol. The molecule has 1 rings (SSSR count). The van der Waals surface area contributed by atoms with E-state index in [1.165, 1.54) is 11.4 Å². The molecule has 0 fully saturated rings. The molecule has 0 aliphatic rings. The van der Waals surface area contributed by atoms with Crippen LogP contribution in [-0.4, -0.2) is 4.21 Å². The van der Waals surface area contributed by atoms with E-state index < -0.39 is 9.92 Å². The number of nitrogens with zero attached hydrogens (tertiary/aromatic N) is 1. The van der Waals surface area contributed by atoms with Gasteiger partial charge in [0, 0.05) is 5.38 Å². The molecule has 0 aliphatic carbocycles. The summed E-state index contributed by atoms with van der Waals surface area (Å²) < 4.78 is 17.8. The first-order valence-corrected chi connectivity index (χ1v) is 5.09. The summed E-state index contributed by atoms with van der Waals surface area (Å²) in [6.07, 6.45) is 0. The van der Waals surface area contributed by atoms with E-state index in [0.717, 1.165) is 11.3 Å². The summed E-state index contributed by atoms with van der Waals surface area (Å²) in [4.78, 5) is 0.643. The summed E-state index contributed by atoms with van der Waals surface area (Å²) in [7, 11) is -3.13. The molecule has 0 saturated heterocycles. The van der Waals surface area contributed by atoms with Crippen molar-refractivity contribution >= 4 is 21.3 Å². The number of nitriles is 1. The molecule has 0 bridgehead atoms. The van der Waals surface area contributed by atoms with E-state index >= 15 is 0 Å². The standard InChI is InChI=1S/C5H5N3OS2/c6-2-4-1-5(3-10-4)11(7,8)9/h1,3H,(H3,7,8,9). The first-order valence-electron chi connectivity index (χ1n) is 2.59. The lowest BCUT2D eigenvalue weighted by Crippen LogP contribution is -2.08. The van der Waals surface area contributed by atoms with E-state index in [1.54, 1.807) is 0 Å². The summed E-state index contributed by atoms with van der Waals surface area (Å²) in [5.41, 5.74) is 0. The molecule has 0 aromatic carbocycles. The van der Waals surface area contributed by atoms with Crippen molar-refractivity contribution in [2.45, 2.75) is 4.90 Å². The lowest BCUT2D eigenvalue weighted by Gasteiger charge is -1.91. The van der Waals surface area contributed by atoms with Gasteiger partial charge >= 0.3 is 0 Å². The molecule has 0 spiro atoms. The fourth-order valence-corrected chi connectivity index (χ4v) is 2.18. The molecule has 11 heavy (non-hydrogen) atoms. The van der Waals surface area contributed by atoms with Crippen molar-refractivity contribution in [3.8, 4) is 6.07 Å². The highest BCUT2D eigenvalue weighted by Crippen LogP contribution is 2.16. The smallest absolute Gasteiger partial charge is 0.132 e. The predicted octanol–water partition coefficient (Wildman–Crippen LogP) is 0.899. The van der Waals surface area contributed by atoms with Crippen LogP contribution in [-0.2, 0) is 9.92 Å². The maximum atomic E-state index is 10.9. The molecule has 6 heteroatoms. The van der Waals surface area contributed by atoms with Crippen LogP contribution in [0.4, 0.5) is 0 Å². The van der Waals surface area contributed by atoms with Crippen molar-refractivity contribution in [2.24, 2.45) is 5.14 Å². The summed E-state index contributed by atoms with van der Waals surface area (Å²) in [5, 5.41) is 14.9. The minimum absolute atomic E-state index is 0.221. The molecule has 1 unspecified atom stereocenters. The van der Waals surface area contributed by atoms with Crippen LogP contribution in [0.25, 0.3) is 0 Å². The van der Waals surface area contributed by atoms with Gasteiger partial charge in [-0.1, -0.05) is 0 Å². The van der Waals surface area contributed by atoms with Crippen molar-refractivity contribution < 1.29 is 4.21 Å². The Morgan fingerprint density at radius 3 is 2.73 bits per heavy atom. The Balaban J connectivity index is 3.22. The minimum Gasteiger partial charge on any atom is -0.241 e. The van der Waals surface area contributed by atoms with Crippen molar-refractivity contribution in [3.63, 3.8) is 0 Å². The fourth-order valence-electron chi connectivity index (χ4n) is 0.536. The van der Waals surface area contributed by atoms with Crippen molar-refractivity contribution in [2.75, 3.05) is 0 Å². The largest absolute Gasteiger partial charge is 0.241 e. The molecule has 1 atom stereocenters. The quantitative estimate of drug-likeness (QED) is 0.683. The molecule has 0 saturated carbocycles. The third kappa shape index (κ3) is 1.77. The van der Waals surface area contributed by atoms with Gasteiger partial charge in [-0.05, 0) is 6.07 Å². The predicted molar refractivity (Wildman–Crippen MR) is 42.3 cm³/mol. The van der Waals surface area contributed by atoms with Crippen molar-refractivity contribution in [3.05, 3.63) is 16.3 Å². The van der Waals surface area contributed by atoms with Gasteiger partial charge in [-0.3, -0.25) is 0 Å². The Hall–Kier alpha value is -0.900. The van der Waals surface area contributed by atoms with E-state index in [-0.39, 0.29) is 4.90 Å². The molecule has 58 valence electrons. The molecule has 1 aromatic heterocycles. The van der Waals surface area contributed by atoms with E-state index in [4.69, 9.17) is 15.2 Å². The van der Waals surface area contributed by atoms with Crippen LogP contribution in [0.15, 0.2) is 16.3 Å². The van der Waals surface area contributed by atoms with E-state index in [1.807, 2.05) is 6.07 Å². The van der Waals surface area contributed by atoms with Crippen LogP contribution < -0.4 is 5.14 Å². The second kappa shape index (κ2) is 2.62. The first kappa shape index (κ1) is 8.20. The van der Waals surface area contributed by atoms with Gasteiger partial charge in [0.05, 0.1) is 4.90 Å². The zero-order chi connectivity index (χ0) is 8.48. The average Bonchev–Trinajstić information content (AvgIpc) is 2.32. The number of nitrogens with two attached hydrogens (primary N) is 1. The van der Waals surface area contributed by atoms with Crippen molar-refractivity contribution in [1.29, 1.82) is 10.0 Å². The van der Waals surface area contributed by atoms with Gasteiger partial charge in [-0.25, -0.2) is 14.1 Å². The molecule has 0 radical (unpaired) electrons. The topological polar surface area (TPSA) is 90.7 Å². The highest BCUT2D eigenvalue weighted by molar-refractivity contribution is 7.90. The summed E-state index contributed by atoms with van der Waals surface area (Å²) in [6, 6.07) is 3.25. The first-order chi connectivity index (χ1) is 5.04. The van der Waals surface area contributed by atoms with E-state index in [0.29, 0.717) is 4.88 Å². The van der Waals surface area contributed by atoms with Gasteiger partial charge in [-0.2, -0.15) is 5.26 Å². The molecule has 1 heterocycles. The van der Waals surface area contributed by atoms with Crippen LogP contribution in [0.2, 0.25) is 0 Å². The molecular formula is C5H5N3OS2. The minimum atomic E-state index is -3.13. The Morgan fingerprint density at radius 1 is 1.82 bits per heavy atom. The maximum absolute atomic E-state index is 10.9. The number of nitrogens with one attached hydrogen (secondary N) is 1. The number of hydrogen-bond donors (Lipinski definition) is 2. The van der Waals surface area contributed by atoms with Gasteiger partial charge in [0.2, 0.25) is 0 Å². The van der Waals surface area contributed by atoms with Crippen LogP contribution in [0, 0.1) is 16.1 Å². The average molecular weight is 187 g/mol. The summed E-state index contributed by atoms with van der Waals surface area (Å²) in [6.45, 7) is 0. The highest BCUT2D eigenvalue weighted by atomic mass is 32.2. The lowest BCUT2D eigenvalue weighted by atomic mass is 10.5. The van der Waals surface area contributed by atoms with Gasteiger partial charge in [0.25, 0.3) is 0 Å². The second-order valence-corrected chi connectivity index (χ2v) is 4.44. The van der Waals surface area contributed by atoms with Gasteiger partial charge in [-0.15, -0.1) is 11.3 Å². The van der Waals surface area contributed by atoms with E-state index in [2.05, 4.69) is 0 Å². The molecule has 3 N–H and O–H groups in total. The van der Waals surface area contributed by atoms with Crippen molar-refractivity contribution in [1.82, 2.24) is 0 Å². The highest BCUT2D eigenvalue weighted by Gasteiger charge is 2.06. The Bertz CT molecular complexity index is 398. The zero-order valence-electron chi connectivity index (χ0n) is 5.40. The van der Waals surface area contributed by atoms with Crippen LogP contribution in [0.3, 0.4) is 0 Å². The Morgan fingerprint density at radius 2 is 2.45 bits per heavy atom. The molecule has 4 nitrogen and oxygen atoms in total. The fraction of sp³-hybridized carbons (Fsp3) is 0.